The van der Waals surface area contributed by atoms with Crippen molar-refractivity contribution in [2.75, 3.05) is 5.32 Å². The number of aryl methyl sites for hydroxylation is 1. The van der Waals surface area contributed by atoms with Crippen molar-refractivity contribution in [2.45, 2.75) is 57.9 Å². The molecule has 1 saturated carbocycles. The number of amides is 1. The molecule has 1 aromatic heterocycles. The minimum Gasteiger partial charge on any atom is -0.327 e. The van der Waals surface area contributed by atoms with Gasteiger partial charge in [0.05, 0.1) is 11.4 Å². The zero-order chi connectivity index (χ0) is 14.7. The molecule has 0 spiro atoms. The summed E-state index contributed by atoms with van der Waals surface area (Å²) in [6, 6.07) is 0.174. The molecular weight excluding hydrogens is 252 g/mol. The third kappa shape index (κ3) is 3.60. The molecular formula is C15H26N4O. The van der Waals surface area contributed by atoms with E-state index >= 15 is 0 Å². The van der Waals surface area contributed by atoms with Gasteiger partial charge in [0.1, 0.15) is 0 Å². The van der Waals surface area contributed by atoms with E-state index in [1.807, 2.05) is 13.2 Å². The number of carbonyl (C=O) groups is 1. The molecule has 1 aliphatic rings. The number of nitrogens with zero attached hydrogens (tertiary/aromatic N) is 2. The van der Waals surface area contributed by atoms with Crippen LogP contribution < -0.4 is 11.1 Å². The van der Waals surface area contributed by atoms with Crippen LogP contribution in [0.15, 0.2) is 6.20 Å². The molecule has 1 fully saturated rings. The lowest BCUT2D eigenvalue weighted by Crippen LogP contribution is -2.35. The summed E-state index contributed by atoms with van der Waals surface area (Å²) in [4.78, 5) is 12.2. The zero-order valence-corrected chi connectivity index (χ0v) is 12.7. The summed E-state index contributed by atoms with van der Waals surface area (Å²) in [5.41, 5.74) is 7.88. The van der Waals surface area contributed by atoms with E-state index in [0.29, 0.717) is 18.3 Å². The molecule has 5 heteroatoms. The fraction of sp³-hybridized carbons (Fsp3) is 0.733. The maximum atomic E-state index is 12.2. The molecule has 1 amide bonds. The molecule has 5 nitrogen and oxygen atoms in total. The fourth-order valence-electron chi connectivity index (χ4n) is 2.96. The van der Waals surface area contributed by atoms with Crippen LogP contribution in [0.5, 0.6) is 0 Å². The first-order valence-corrected chi connectivity index (χ1v) is 7.56. The van der Waals surface area contributed by atoms with E-state index in [9.17, 15) is 4.79 Å². The van der Waals surface area contributed by atoms with E-state index in [1.54, 1.807) is 4.68 Å². The quantitative estimate of drug-likeness (QED) is 0.888. The largest absolute Gasteiger partial charge is 0.327 e. The molecule has 112 valence electrons. The van der Waals surface area contributed by atoms with Gasteiger partial charge in [0.15, 0.2) is 0 Å². The van der Waals surface area contributed by atoms with E-state index in [4.69, 9.17) is 5.73 Å². The first-order chi connectivity index (χ1) is 9.47. The Morgan fingerprint density at radius 1 is 1.50 bits per heavy atom. The first-order valence-electron chi connectivity index (χ1n) is 7.56. The molecule has 0 aliphatic heterocycles. The predicted molar refractivity (Wildman–Crippen MR) is 80.5 cm³/mol. The van der Waals surface area contributed by atoms with Crippen LogP contribution in [0.25, 0.3) is 0 Å². The Balaban J connectivity index is 1.97. The summed E-state index contributed by atoms with van der Waals surface area (Å²) in [5, 5.41) is 7.40. The number of nitrogens with two attached hydrogens (primary N) is 1. The number of aromatic nitrogens is 2. The first kappa shape index (κ1) is 15.0. The van der Waals surface area contributed by atoms with Gasteiger partial charge in [-0.05, 0) is 24.7 Å². The van der Waals surface area contributed by atoms with Gasteiger partial charge >= 0.3 is 0 Å². The normalized spacial score (nSPS) is 23.1. The van der Waals surface area contributed by atoms with E-state index in [-0.39, 0.29) is 11.9 Å². The molecule has 20 heavy (non-hydrogen) atoms. The van der Waals surface area contributed by atoms with Gasteiger partial charge < -0.3 is 11.1 Å². The zero-order valence-electron chi connectivity index (χ0n) is 12.7. The van der Waals surface area contributed by atoms with Gasteiger partial charge in [-0.1, -0.05) is 26.7 Å². The van der Waals surface area contributed by atoms with Gasteiger partial charge in [-0.15, -0.1) is 0 Å². The van der Waals surface area contributed by atoms with E-state index in [2.05, 4.69) is 24.3 Å². The van der Waals surface area contributed by atoms with Crippen LogP contribution in [-0.4, -0.2) is 21.7 Å². The lowest BCUT2D eigenvalue weighted by atomic mass is 9.83. The Hall–Kier alpha value is -1.36. The molecule has 0 aromatic carbocycles. The second-order valence-corrected chi connectivity index (χ2v) is 6.22. The Bertz CT molecular complexity index is 466. The van der Waals surface area contributed by atoms with Crippen LogP contribution >= 0.6 is 0 Å². The van der Waals surface area contributed by atoms with Crippen molar-refractivity contribution in [2.24, 2.45) is 18.7 Å². The van der Waals surface area contributed by atoms with Crippen molar-refractivity contribution in [1.82, 2.24) is 9.78 Å². The summed E-state index contributed by atoms with van der Waals surface area (Å²) in [5.74, 6) is 0.675. The molecule has 0 bridgehead atoms. The smallest absolute Gasteiger partial charge is 0.224 e. The highest BCUT2D eigenvalue weighted by atomic mass is 16.1. The Morgan fingerprint density at radius 2 is 2.20 bits per heavy atom. The van der Waals surface area contributed by atoms with Gasteiger partial charge in [-0.25, -0.2) is 0 Å². The molecule has 0 radical (unpaired) electrons. The molecule has 0 saturated heterocycles. The topological polar surface area (TPSA) is 72.9 Å². The molecule has 1 heterocycles. The molecule has 2 rings (SSSR count). The van der Waals surface area contributed by atoms with Crippen LogP contribution in [0.1, 0.15) is 57.6 Å². The Labute approximate surface area is 120 Å². The Morgan fingerprint density at radius 3 is 2.85 bits per heavy atom. The van der Waals surface area contributed by atoms with Gasteiger partial charge in [0, 0.05) is 25.7 Å². The minimum absolute atomic E-state index is 0.0576. The van der Waals surface area contributed by atoms with Crippen molar-refractivity contribution in [3.05, 3.63) is 11.9 Å². The molecule has 3 N–H and O–H groups in total. The lowest BCUT2D eigenvalue weighted by molar-refractivity contribution is -0.117. The van der Waals surface area contributed by atoms with Gasteiger partial charge in [0.25, 0.3) is 0 Å². The summed E-state index contributed by atoms with van der Waals surface area (Å²) < 4.78 is 1.75. The highest BCUT2D eigenvalue weighted by Gasteiger charge is 2.24. The average Bonchev–Trinajstić information content (AvgIpc) is 2.73. The van der Waals surface area contributed by atoms with Crippen LogP contribution in [-0.2, 0) is 11.8 Å². The third-order valence-corrected chi connectivity index (χ3v) is 4.09. The minimum atomic E-state index is 0.0576. The highest BCUT2D eigenvalue weighted by molar-refractivity contribution is 5.91. The number of hydrogen-bond acceptors (Lipinski definition) is 3. The van der Waals surface area contributed by atoms with E-state index in [0.717, 1.165) is 24.2 Å². The SMILES string of the molecule is CC(C)c1nn(C)cc1NC(=O)CC1CCCCC1N. The summed E-state index contributed by atoms with van der Waals surface area (Å²) in [7, 11) is 1.87. The maximum Gasteiger partial charge on any atom is 0.224 e. The van der Waals surface area contributed by atoms with E-state index in [1.165, 1.54) is 12.8 Å². The number of anilines is 1. The van der Waals surface area contributed by atoms with Gasteiger partial charge in [-0.2, -0.15) is 5.10 Å². The number of carbonyl (C=O) groups excluding carboxylic acids is 1. The summed E-state index contributed by atoms with van der Waals surface area (Å²) >= 11 is 0. The molecule has 1 aromatic rings. The molecule has 2 atom stereocenters. The van der Waals surface area contributed by atoms with Crippen molar-refractivity contribution < 1.29 is 4.79 Å². The number of nitrogens with one attached hydrogen (secondary N) is 1. The standard InChI is InChI=1S/C15H26N4O/c1-10(2)15-13(9-19(3)18-15)17-14(20)8-11-6-4-5-7-12(11)16/h9-12H,4-8,16H2,1-3H3,(H,17,20). The number of rotatable bonds is 4. The monoisotopic (exact) mass is 278 g/mol. The maximum absolute atomic E-state index is 12.2. The van der Waals surface area contributed by atoms with Crippen molar-refractivity contribution in [1.29, 1.82) is 0 Å². The van der Waals surface area contributed by atoms with Crippen molar-refractivity contribution in [3.63, 3.8) is 0 Å². The second kappa shape index (κ2) is 6.39. The Kier molecular flexibility index (Phi) is 4.81. The second-order valence-electron chi connectivity index (χ2n) is 6.22. The summed E-state index contributed by atoms with van der Waals surface area (Å²) in [6.07, 6.45) is 6.89. The van der Waals surface area contributed by atoms with Crippen molar-refractivity contribution >= 4 is 11.6 Å². The lowest BCUT2D eigenvalue weighted by Gasteiger charge is -2.27. The third-order valence-electron chi connectivity index (χ3n) is 4.09. The van der Waals surface area contributed by atoms with Gasteiger partial charge in [0.2, 0.25) is 5.91 Å². The molecule has 1 aliphatic carbocycles. The fourth-order valence-corrected chi connectivity index (χ4v) is 2.96. The predicted octanol–water partition coefficient (Wildman–Crippen LogP) is 2.39. The number of hydrogen-bond donors (Lipinski definition) is 2. The van der Waals surface area contributed by atoms with Crippen LogP contribution in [0.2, 0.25) is 0 Å². The van der Waals surface area contributed by atoms with Crippen LogP contribution in [0, 0.1) is 5.92 Å². The average molecular weight is 278 g/mol. The van der Waals surface area contributed by atoms with Gasteiger partial charge in [-0.3, -0.25) is 9.48 Å². The van der Waals surface area contributed by atoms with Crippen molar-refractivity contribution in [3.8, 4) is 0 Å². The van der Waals surface area contributed by atoms with Crippen LogP contribution in [0.4, 0.5) is 5.69 Å². The highest BCUT2D eigenvalue weighted by Crippen LogP contribution is 2.27. The van der Waals surface area contributed by atoms with E-state index < -0.39 is 0 Å². The molecule has 2 unspecified atom stereocenters. The summed E-state index contributed by atoms with van der Waals surface area (Å²) in [6.45, 7) is 4.16. The van der Waals surface area contributed by atoms with Crippen LogP contribution in [0.3, 0.4) is 0 Å².